The number of likely N-dealkylation sites (N-methyl/N-ethyl adjacent to an activating group) is 1. The van der Waals surface area contributed by atoms with E-state index in [0.29, 0.717) is 18.5 Å². The molecule has 1 amide bonds. The van der Waals surface area contributed by atoms with Crippen LogP contribution >= 0.6 is 11.3 Å². The fourth-order valence-corrected chi connectivity index (χ4v) is 3.87. The second-order valence-electron chi connectivity index (χ2n) is 7.07. The first kappa shape index (κ1) is 20.3. The molecule has 28 heavy (non-hydrogen) atoms. The fourth-order valence-electron chi connectivity index (χ4n) is 3.09. The van der Waals surface area contributed by atoms with Gasteiger partial charge in [-0.15, -0.1) is 11.3 Å². The Labute approximate surface area is 170 Å². The molecule has 0 radical (unpaired) electrons. The van der Waals surface area contributed by atoms with Gasteiger partial charge in [0, 0.05) is 46.2 Å². The third kappa shape index (κ3) is 6.02. The van der Waals surface area contributed by atoms with E-state index in [1.165, 1.54) is 5.00 Å². The number of hydrogen-bond donors (Lipinski definition) is 2. The Hall–Kier alpha value is -2.48. The van der Waals surface area contributed by atoms with Crippen molar-refractivity contribution in [2.45, 2.75) is 25.3 Å². The van der Waals surface area contributed by atoms with Crippen molar-refractivity contribution in [3.63, 3.8) is 0 Å². The van der Waals surface area contributed by atoms with Crippen LogP contribution in [0.3, 0.4) is 0 Å². The van der Waals surface area contributed by atoms with Gasteiger partial charge in [-0.2, -0.15) is 0 Å². The van der Waals surface area contributed by atoms with E-state index in [1.807, 2.05) is 12.1 Å². The van der Waals surface area contributed by atoms with E-state index in [9.17, 15) is 4.79 Å². The molecule has 3 heterocycles. The predicted molar refractivity (Wildman–Crippen MR) is 114 cm³/mol. The zero-order chi connectivity index (χ0) is 19.8. The van der Waals surface area contributed by atoms with Crippen LogP contribution in [-0.2, 0) is 11.2 Å². The Morgan fingerprint density at radius 2 is 2.14 bits per heavy atom. The SMILES string of the molecule is CN(C)C(=O)CN=C(NCCc1ccco1)NC1CCN(c2cccs2)CC1. The summed E-state index contributed by atoms with van der Waals surface area (Å²) >= 11 is 1.79. The van der Waals surface area contributed by atoms with Crippen molar-refractivity contribution in [1.82, 2.24) is 15.5 Å². The molecule has 1 saturated heterocycles. The molecule has 0 bridgehead atoms. The largest absolute Gasteiger partial charge is 0.469 e. The molecule has 3 rings (SSSR count). The zero-order valence-corrected chi connectivity index (χ0v) is 17.4. The van der Waals surface area contributed by atoms with Crippen molar-refractivity contribution >= 4 is 28.2 Å². The molecule has 2 N–H and O–H groups in total. The number of furan rings is 1. The molecule has 0 spiro atoms. The summed E-state index contributed by atoms with van der Waals surface area (Å²) in [7, 11) is 3.49. The van der Waals surface area contributed by atoms with Crippen LogP contribution in [0.15, 0.2) is 45.3 Å². The van der Waals surface area contributed by atoms with Crippen molar-refractivity contribution < 1.29 is 9.21 Å². The minimum absolute atomic E-state index is 0.0142. The van der Waals surface area contributed by atoms with Gasteiger partial charge >= 0.3 is 0 Å². The standard InChI is InChI=1S/C20H29N5O2S/c1-24(2)18(26)15-22-20(21-10-7-17-5-3-13-27-17)23-16-8-11-25(12-9-16)19-6-4-14-28-19/h3-6,13-14,16H,7-12,15H2,1-2H3,(H2,21,22,23). The molecular formula is C20H29N5O2S. The van der Waals surface area contributed by atoms with Crippen molar-refractivity contribution in [3.05, 3.63) is 41.7 Å². The highest BCUT2D eigenvalue weighted by Crippen LogP contribution is 2.24. The summed E-state index contributed by atoms with van der Waals surface area (Å²) in [5.74, 6) is 1.61. The van der Waals surface area contributed by atoms with Crippen molar-refractivity contribution in [3.8, 4) is 0 Å². The van der Waals surface area contributed by atoms with Gasteiger partial charge < -0.3 is 24.9 Å². The van der Waals surface area contributed by atoms with Crippen molar-refractivity contribution in [2.75, 3.05) is 45.2 Å². The fraction of sp³-hybridized carbons (Fsp3) is 0.500. The third-order valence-corrected chi connectivity index (χ3v) is 5.70. The van der Waals surface area contributed by atoms with E-state index in [1.54, 1.807) is 36.6 Å². The molecule has 152 valence electrons. The first-order chi connectivity index (χ1) is 13.6. The lowest BCUT2D eigenvalue weighted by Gasteiger charge is -2.33. The molecule has 0 unspecified atom stereocenters. The number of nitrogens with one attached hydrogen (secondary N) is 2. The van der Waals surface area contributed by atoms with E-state index < -0.39 is 0 Å². The minimum Gasteiger partial charge on any atom is -0.469 e. The van der Waals surface area contributed by atoms with Crippen LogP contribution in [-0.4, -0.2) is 63.1 Å². The van der Waals surface area contributed by atoms with Gasteiger partial charge in [0.05, 0.1) is 11.3 Å². The zero-order valence-electron chi connectivity index (χ0n) is 16.6. The first-order valence-electron chi connectivity index (χ1n) is 9.67. The molecule has 1 aliphatic rings. The molecule has 1 fully saturated rings. The minimum atomic E-state index is -0.0142. The Bertz CT molecular complexity index is 735. The van der Waals surface area contributed by atoms with Crippen LogP contribution in [0.2, 0.25) is 0 Å². The maximum atomic E-state index is 11.9. The summed E-state index contributed by atoms with van der Waals surface area (Å²) in [4.78, 5) is 20.4. The number of carbonyl (C=O) groups is 1. The number of guanidine groups is 1. The molecular weight excluding hydrogens is 374 g/mol. The summed E-state index contributed by atoms with van der Waals surface area (Å²) in [6, 6.07) is 8.47. The number of amides is 1. The number of hydrogen-bond acceptors (Lipinski definition) is 5. The molecule has 0 aliphatic carbocycles. The average Bonchev–Trinajstić information content (AvgIpc) is 3.40. The molecule has 2 aromatic heterocycles. The Morgan fingerprint density at radius 1 is 1.32 bits per heavy atom. The number of aliphatic imine (C=N–C) groups is 1. The highest BCUT2D eigenvalue weighted by Gasteiger charge is 2.21. The van der Waals surface area contributed by atoms with Gasteiger partial charge in [-0.3, -0.25) is 4.79 Å². The molecule has 2 aromatic rings. The maximum absolute atomic E-state index is 11.9. The third-order valence-electron chi connectivity index (χ3n) is 4.77. The topological polar surface area (TPSA) is 73.1 Å². The van der Waals surface area contributed by atoms with Crippen molar-refractivity contribution in [2.24, 2.45) is 4.99 Å². The van der Waals surface area contributed by atoms with Crippen molar-refractivity contribution in [1.29, 1.82) is 0 Å². The summed E-state index contributed by atoms with van der Waals surface area (Å²) in [5, 5.41) is 10.3. The van der Waals surface area contributed by atoms with Gasteiger partial charge in [0.25, 0.3) is 0 Å². The lowest BCUT2D eigenvalue weighted by atomic mass is 10.1. The maximum Gasteiger partial charge on any atom is 0.243 e. The first-order valence-corrected chi connectivity index (χ1v) is 10.6. The average molecular weight is 404 g/mol. The van der Waals surface area contributed by atoms with Gasteiger partial charge in [-0.25, -0.2) is 4.99 Å². The van der Waals surface area contributed by atoms with Gasteiger partial charge in [-0.05, 0) is 42.5 Å². The number of piperidine rings is 1. The number of thiophene rings is 1. The van der Waals surface area contributed by atoms with Gasteiger partial charge in [0.1, 0.15) is 12.3 Å². The van der Waals surface area contributed by atoms with E-state index in [4.69, 9.17) is 4.42 Å². The molecule has 7 nitrogen and oxygen atoms in total. The molecule has 1 aliphatic heterocycles. The smallest absolute Gasteiger partial charge is 0.243 e. The number of nitrogens with zero attached hydrogens (tertiary/aromatic N) is 3. The normalized spacial score (nSPS) is 15.5. The van der Waals surface area contributed by atoms with Crippen LogP contribution in [0.4, 0.5) is 5.00 Å². The Morgan fingerprint density at radius 3 is 2.79 bits per heavy atom. The summed E-state index contributed by atoms with van der Waals surface area (Å²) < 4.78 is 5.38. The quantitative estimate of drug-likeness (QED) is 0.548. The lowest BCUT2D eigenvalue weighted by molar-refractivity contribution is -0.127. The Kier molecular flexibility index (Phi) is 7.36. The highest BCUT2D eigenvalue weighted by atomic mass is 32.1. The molecule has 8 heteroatoms. The number of carbonyl (C=O) groups excluding carboxylic acids is 1. The lowest BCUT2D eigenvalue weighted by Crippen LogP contribution is -2.49. The van der Waals surface area contributed by atoms with E-state index in [2.05, 4.69) is 38.0 Å². The van der Waals surface area contributed by atoms with Crippen LogP contribution in [0, 0.1) is 0 Å². The number of anilines is 1. The number of rotatable bonds is 7. The molecule has 0 aromatic carbocycles. The summed E-state index contributed by atoms with van der Waals surface area (Å²) in [6.07, 6.45) is 4.53. The Balaban J connectivity index is 1.52. The molecule has 0 atom stereocenters. The van der Waals surface area contributed by atoms with Gasteiger partial charge in [0.2, 0.25) is 5.91 Å². The van der Waals surface area contributed by atoms with E-state index in [0.717, 1.165) is 38.1 Å². The highest BCUT2D eigenvalue weighted by molar-refractivity contribution is 7.14. The second kappa shape index (κ2) is 10.2. The summed E-state index contributed by atoms with van der Waals surface area (Å²) in [5.41, 5.74) is 0. The van der Waals surface area contributed by atoms with E-state index in [-0.39, 0.29) is 12.5 Å². The van der Waals surface area contributed by atoms with Gasteiger partial charge in [0.15, 0.2) is 5.96 Å². The van der Waals surface area contributed by atoms with Crippen LogP contribution in [0.5, 0.6) is 0 Å². The van der Waals surface area contributed by atoms with E-state index >= 15 is 0 Å². The monoisotopic (exact) mass is 403 g/mol. The predicted octanol–water partition coefficient (Wildman–Crippen LogP) is 2.18. The molecule has 0 saturated carbocycles. The second-order valence-corrected chi connectivity index (χ2v) is 7.99. The van der Waals surface area contributed by atoms with Crippen LogP contribution < -0.4 is 15.5 Å². The van der Waals surface area contributed by atoms with Gasteiger partial charge in [-0.1, -0.05) is 0 Å². The van der Waals surface area contributed by atoms with Crippen LogP contribution in [0.25, 0.3) is 0 Å². The summed E-state index contributed by atoms with van der Waals surface area (Å²) in [6.45, 7) is 2.88. The van der Waals surface area contributed by atoms with Crippen LogP contribution in [0.1, 0.15) is 18.6 Å².